The van der Waals surface area contributed by atoms with Crippen LogP contribution in [0.2, 0.25) is 0 Å². The van der Waals surface area contributed by atoms with Crippen molar-refractivity contribution in [1.29, 1.82) is 0 Å². The Balaban J connectivity index is 1.81. The van der Waals surface area contributed by atoms with Gasteiger partial charge in [-0.15, -0.1) is 0 Å². The molecule has 1 atom stereocenters. The molecule has 1 aliphatic carbocycles. The van der Waals surface area contributed by atoms with Gasteiger partial charge >= 0.3 is 0 Å². The molecule has 0 amide bonds. The molecule has 0 bridgehead atoms. The molecule has 3 nitrogen and oxygen atoms in total. The topological polar surface area (TPSA) is 42.0 Å². The van der Waals surface area contributed by atoms with E-state index in [9.17, 15) is 4.79 Å². The van der Waals surface area contributed by atoms with Gasteiger partial charge in [-0.05, 0) is 48.1 Å². The normalized spacial score (nSPS) is 20.5. The number of Topliss-reactive ketones (excluding diaryl/α,β-unsaturated/α-hetero) is 1. The minimum absolute atomic E-state index is 0.0357. The fourth-order valence-electron chi connectivity index (χ4n) is 4.82. The lowest BCUT2D eigenvalue weighted by Gasteiger charge is -2.40. The molecular weight excluding hydrogens is 344 g/mol. The number of hydrogen-bond donors (Lipinski definition) is 1. The van der Waals surface area contributed by atoms with Gasteiger partial charge in [-0.2, -0.15) is 0 Å². The van der Waals surface area contributed by atoms with E-state index in [1.807, 2.05) is 12.3 Å². The minimum Gasteiger partial charge on any atom is -0.373 e. The van der Waals surface area contributed by atoms with Crippen molar-refractivity contribution in [2.75, 3.05) is 5.32 Å². The van der Waals surface area contributed by atoms with Crippen molar-refractivity contribution in [1.82, 2.24) is 4.98 Å². The van der Waals surface area contributed by atoms with E-state index in [1.165, 1.54) is 11.1 Å². The number of anilines is 1. The standard InChI is InChI=1S/C25H24N2O/c1-15-6-4-7-16(12-15)24-23-18(13-25(2,3)14-21(23)28)22-17-8-5-11-26-19(17)9-10-20(22)27-24/h4-12,24,27H,13-14H2,1-3H3. The van der Waals surface area contributed by atoms with E-state index in [2.05, 4.69) is 73.5 Å². The van der Waals surface area contributed by atoms with Crippen molar-refractivity contribution >= 4 is 27.9 Å². The van der Waals surface area contributed by atoms with Gasteiger partial charge in [0.15, 0.2) is 5.78 Å². The number of aromatic nitrogens is 1. The van der Waals surface area contributed by atoms with Crippen molar-refractivity contribution in [3.63, 3.8) is 0 Å². The molecule has 0 radical (unpaired) electrons. The molecule has 1 unspecified atom stereocenters. The summed E-state index contributed by atoms with van der Waals surface area (Å²) in [6, 6.07) is 16.7. The Labute approximate surface area is 165 Å². The molecular formula is C25H24N2O. The lowest BCUT2D eigenvalue weighted by molar-refractivity contribution is -0.118. The third kappa shape index (κ3) is 2.65. The molecule has 2 aromatic carbocycles. The van der Waals surface area contributed by atoms with Crippen molar-refractivity contribution in [2.24, 2.45) is 5.41 Å². The van der Waals surface area contributed by atoms with Crippen LogP contribution in [0.15, 0.2) is 60.3 Å². The first kappa shape index (κ1) is 17.2. The van der Waals surface area contributed by atoms with Crippen LogP contribution in [0.25, 0.3) is 16.5 Å². The van der Waals surface area contributed by atoms with Crippen LogP contribution in [0.3, 0.4) is 0 Å². The minimum atomic E-state index is -0.0971. The van der Waals surface area contributed by atoms with Gasteiger partial charge in [0.25, 0.3) is 0 Å². The largest absolute Gasteiger partial charge is 0.373 e. The fraction of sp³-hybridized carbons (Fsp3) is 0.280. The molecule has 3 heteroatoms. The highest BCUT2D eigenvalue weighted by molar-refractivity contribution is 6.12. The summed E-state index contributed by atoms with van der Waals surface area (Å²) in [5, 5.41) is 4.80. The van der Waals surface area contributed by atoms with Crippen LogP contribution >= 0.6 is 0 Å². The van der Waals surface area contributed by atoms with E-state index in [0.29, 0.717) is 6.42 Å². The summed E-state index contributed by atoms with van der Waals surface area (Å²) in [7, 11) is 0. The number of allylic oxidation sites excluding steroid dienone is 1. The molecule has 2 heterocycles. The van der Waals surface area contributed by atoms with Crippen LogP contribution in [-0.4, -0.2) is 10.8 Å². The molecule has 3 aromatic rings. The Morgan fingerprint density at radius 1 is 1.07 bits per heavy atom. The van der Waals surface area contributed by atoms with Crippen LogP contribution in [0, 0.1) is 12.3 Å². The number of hydrogen-bond acceptors (Lipinski definition) is 3. The Morgan fingerprint density at radius 2 is 1.93 bits per heavy atom. The van der Waals surface area contributed by atoms with Crippen LogP contribution < -0.4 is 5.32 Å². The van der Waals surface area contributed by atoms with Gasteiger partial charge in [-0.3, -0.25) is 9.78 Å². The molecule has 1 N–H and O–H groups in total. The first-order chi connectivity index (χ1) is 13.4. The lowest BCUT2D eigenvalue weighted by atomic mass is 9.68. The highest BCUT2D eigenvalue weighted by atomic mass is 16.1. The van der Waals surface area contributed by atoms with Gasteiger partial charge in [0, 0.05) is 34.8 Å². The second-order valence-corrected chi connectivity index (χ2v) is 8.88. The smallest absolute Gasteiger partial charge is 0.162 e. The third-order valence-electron chi connectivity index (χ3n) is 5.97. The first-order valence-electron chi connectivity index (χ1n) is 9.90. The van der Waals surface area contributed by atoms with Gasteiger partial charge in [0.05, 0.1) is 11.6 Å². The average molecular weight is 368 g/mol. The monoisotopic (exact) mass is 368 g/mol. The Kier molecular flexibility index (Phi) is 3.70. The maximum atomic E-state index is 13.3. The molecule has 1 aromatic heterocycles. The Morgan fingerprint density at radius 3 is 2.75 bits per heavy atom. The molecule has 0 saturated heterocycles. The van der Waals surface area contributed by atoms with Crippen LogP contribution in [0.5, 0.6) is 0 Å². The highest BCUT2D eigenvalue weighted by Crippen LogP contribution is 2.51. The summed E-state index contributed by atoms with van der Waals surface area (Å²) in [6.07, 6.45) is 3.32. The fourth-order valence-corrected chi connectivity index (χ4v) is 4.82. The zero-order chi connectivity index (χ0) is 19.5. The summed E-state index contributed by atoms with van der Waals surface area (Å²) in [4.78, 5) is 17.9. The molecule has 0 spiro atoms. The van der Waals surface area contributed by atoms with E-state index in [1.54, 1.807) is 0 Å². The number of nitrogens with one attached hydrogen (secondary N) is 1. The van der Waals surface area contributed by atoms with Gasteiger partial charge in [0.2, 0.25) is 0 Å². The molecule has 2 aliphatic rings. The maximum absolute atomic E-state index is 13.3. The van der Waals surface area contributed by atoms with Crippen molar-refractivity contribution in [2.45, 2.75) is 39.7 Å². The molecule has 140 valence electrons. The SMILES string of the molecule is Cc1cccc(C2Nc3ccc4ncccc4c3C3=C2C(=O)CC(C)(C)C3)c1. The van der Waals surface area contributed by atoms with Gasteiger partial charge in [-0.1, -0.05) is 49.7 Å². The third-order valence-corrected chi connectivity index (χ3v) is 5.97. The summed E-state index contributed by atoms with van der Waals surface area (Å²) < 4.78 is 0. The first-order valence-corrected chi connectivity index (χ1v) is 9.90. The van der Waals surface area contributed by atoms with Crippen LogP contribution in [0.1, 0.15) is 49.4 Å². The lowest BCUT2D eigenvalue weighted by Crippen LogP contribution is -2.33. The zero-order valence-corrected chi connectivity index (χ0v) is 16.5. The van der Waals surface area contributed by atoms with Gasteiger partial charge in [0.1, 0.15) is 0 Å². The zero-order valence-electron chi connectivity index (χ0n) is 16.5. The summed E-state index contributed by atoms with van der Waals surface area (Å²) >= 11 is 0. The van der Waals surface area contributed by atoms with Crippen LogP contribution in [0.4, 0.5) is 5.69 Å². The Bertz CT molecular complexity index is 1160. The van der Waals surface area contributed by atoms with Gasteiger partial charge < -0.3 is 5.32 Å². The van der Waals surface area contributed by atoms with E-state index >= 15 is 0 Å². The number of fused-ring (bicyclic) bond motifs is 4. The predicted octanol–water partition coefficient (Wildman–Crippen LogP) is 5.85. The number of carbonyl (C=O) groups excluding carboxylic acids is 1. The second kappa shape index (κ2) is 6.03. The second-order valence-electron chi connectivity index (χ2n) is 8.88. The highest BCUT2D eigenvalue weighted by Gasteiger charge is 2.40. The summed E-state index contributed by atoms with van der Waals surface area (Å²) in [6.45, 7) is 6.49. The van der Waals surface area contributed by atoms with E-state index < -0.39 is 0 Å². The number of aryl methyl sites for hydroxylation is 1. The van der Waals surface area contributed by atoms with Crippen molar-refractivity contribution in [3.05, 3.63) is 77.0 Å². The molecule has 1 aliphatic heterocycles. The predicted molar refractivity (Wildman–Crippen MR) is 114 cm³/mol. The van der Waals surface area contributed by atoms with E-state index in [4.69, 9.17) is 0 Å². The van der Waals surface area contributed by atoms with Crippen molar-refractivity contribution < 1.29 is 4.79 Å². The number of nitrogens with zero attached hydrogens (tertiary/aromatic N) is 1. The number of ketones is 1. The number of rotatable bonds is 1. The summed E-state index contributed by atoms with van der Waals surface area (Å²) in [5.74, 6) is 0.261. The van der Waals surface area contributed by atoms with Crippen LogP contribution in [-0.2, 0) is 4.79 Å². The number of benzene rings is 2. The summed E-state index contributed by atoms with van der Waals surface area (Å²) in [5.41, 5.74) is 7.68. The quantitative estimate of drug-likeness (QED) is 0.585. The Hall–Kier alpha value is -2.94. The van der Waals surface area contributed by atoms with E-state index in [-0.39, 0.29) is 17.2 Å². The average Bonchev–Trinajstić information content (AvgIpc) is 2.66. The number of carbonyl (C=O) groups is 1. The molecule has 28 heavy (non-hydrogen) atoms. The molecule has 0 fully saturated rings. The number of pyridine rings is 1. The maximum Gasteiger partial charge on any atom is 0.162 e. The van der Waals surface area contributed by atoms with Crippen molar-refractivity contribution in [3.8, 4) is 0 Å². The molecule has 5 rings (SSSR count). The van der Waals surface area contributed by atoms with Gasteiger partial charge in [-0.25, -0.2) is 0 Å². The molecule has 0 saturated carbocycles. The van der Waals surface area contributed by atoms with E-state index in [0.717, 1.165) is 39.7 Å².